The monoisotopic (exact) mass is 212 g/mol. The number of nitrogens with two attached hydrogens (primary N) is 1. The molecule has 0 saturated carbocycles. The molecule has 0 aromatic rings. The molecule has 0 amide bonds. The third-order valence-corrected chi connectivity index (χ3v) is 2.34. The molecule has 0 radical (unpaired) electrons. The summed E-state index contributed by atoms with van der Waals surface area (Å²) in [5.74, 6) is 4.60. The average molecular weight is 212 g/mol. The van der Waals surface area contributed by atoms with Gasteiger partial charge < -0.3 is 9.74 Å². The molecule has 7 heteroatoms. The molecule has 0 aliphatic carbocycles. The van der Waals surface area contributed by atoms with Crippen LogP contribution in [0.3, 0.4) is 0 Å². The Balaban J connectivity index is 3.42. The maximum absolute atomic E-state index is 10.3. The van der Waals surface area contributed by atoms with Crippen LogP contribution in [0.25, 0.3) is 0 Å². The second-order valence-corrected chi connectivity index (χ2v) is 4.39. The Labute approximate surface area is 78.4 Å². The Kier molecular flexibility index (Phi) is 6.17. The predicted molar refractivity (Wildman–Crippen MR) is 48.7 cm³/mol. The van der Waals surface area contributed by atoms with Gasteiger partial charge in [0.25, 0.3) is 10.1 Å². The maximum Gasteiger partial charge on any atom is 0.264 e. The SMILES string of the molecule is CN(CCCS(=O)(=O)O)CCON. The first-order valence-corrected chi connectivity index (χ1v) is 5.52. The topological polar surface area (TPSA) is 92.9 Å². The number of hydrogen-bond donors (Lipinski definition) is 2. The fourth-order valence-corrected chi connectivity index (χ4v) is 1.33. The summed E-state index contributed by atoms with van der Waals surface area (Å²) in [5, 5.41) is 0. The molecule has 0 aromatic carbocycles. The van der Waals surface area contributed by atoms with E-state index in [2.05, 4.69) is 4.84 Å². The molecule has 13 heavy (non-hydrogen) atoms. The van der Waals surface area contributed by atoms with Crippen LogP contribution in [0.5, 0.6) is 0 Å². The first-order chi connectivity index (χ1) is 5.95. The minimum Gasteiger partial charge on any atom is -0.304 e. The lowest BCUT2D eigenvalue weighted by atomic mass is 10.4. The molecule has 0 aliphatic rings. The van der Waals surface area contributed by atoms with E-state index in [9.17, 15) is 8.42 Å². The van der Waals surface area contributed by atoms with Gasteiger partial charge in [0.15, 0.2) is 0 Å². The molecule has 0 unspecified atom stereocenters. The summed E-state index contributed by atoms with van der Waals surface area (Å²) < 4.78 is 29.1. The van der Waals surface area contributed by atoms with Crippen LogP contribution in [-0.4, -0.2) is 50.4 Å². The van der Waals surface area contributed by atoms with E-state index >= 15 is 0 Å². The van der Waals surface area contributed by atoms with Crippen LogP contribution in [0, 0.1) is 0 Å². The average Bonchev–Trinajstić information content (AvgIpc) is 1.98. The molecule has 0 heterocycles. The van der Waals surface area contributed by atoms with E-state index in [-0.39, 0.29) is 5.75 Å². The smallest absolute Gasteiger partial charge is 0.264 e. The van der Waals surface area contributed by atoms with Crippen LogP contribution in [0.4, 0.5) is 0 Å². The molecule has 0 bridgehead atoms. The van der Waals surface area contributed by atoms with Gasteiger partial charge in [0.05, 0.1) is 12.4 Å². The Hall–Kier alpha value is -0.210. The van der Waals surface area contributed by atoms with Gasteiger partial charge in [0.2, 0.25) is 0 Å². The minimum absolute atomic E-state index is 0.208. The van der Waals surface area contributed by atoms with Gasteiger partial charge in [-0.3, -0.25) is 4.55 Å². The Morgan fingerprint density at radius 1 is 1.46 bits per heavy atom. The van der Waals surface area contributed by atoms with E-state index in [0.717, 1.165) is 0 Å². The van der Waals surface area contributed by atoms with Gasteiger partial charge in [-0.05, 0) is 20.0 Å². The summed E-state index contributed by atoms with van der Waals surface area (Å²) in [6.07, 6.45) is 0.403. The first-order valence-electron chi connectivity index (χ1n) is 3.91. The number of hydrogen-bond acceptors (Lipinski definition) is 5. The highest BCUT2D eigenvalue weighted by Gasteiger charge is 2.05. The van der Waals surface area contributed by atoms with Gasteiger partial charge in [-0.25, -0.2) is 5.90 Å². The van der Waals surface area contributed by atoms with Crippen molar-refractivity contribution >= 4 is 10.1 Å². The van der Waals surface area contributed by atoms with Crippen molar-refractivity contribution in [2.24, 2.45) is 5.90 Å². The van der Waals surface area contributed by atoms with Gasteiger partial charge in [-0.15, -0.1) is 0 Å². The Morgan fingerprint density at radius 2 is 2.08 bits per heavy atom. The van der Waals surface area contributed by atoms with E-state index < -0.39 is 10.1 Å². The van der Waals surface area contributed by atoms with Gasteiger partial charge in [-0.2, -0.15) is 8.42 Å². The van der Waals surface area contributed by atoms with E-state index in [4.69, 9.17) is 10.4 Å². The van der Waals surface area contributed by atoms with Crippen molar-refractivity contribution < 1.29 is 17.8 Å². The summed E-state index contributed by atoms with van der Waals surface area (Å²) in [6.45, 7) is 1.63. The number of nitrogens with zero attached hydrogens (tertiary/aromatic N) is 1. The fraction of sp³-hybridized carbons (Fsp3) is 1.00. The second kappa shape index (κ2) is 6.28. The lowest BCUT2D eigenvalue weighted by Crippen LogP contribution is -2.26. The van der Waals surface area contributed by atoms with Gasteiger partial charge in [0.1, 0.15) is 0 Å². The molecule has 0 atom stereocenters. The third-order valence-electron chi connectivity index (χ3n) is 1.53. The minimum atomic E-state index is -3.82. The summed E-state index contributed by atoms with van der Waals surface area (Å²) >= 11 is 0. The van der Waals surface area contributed by atoms with Crippen molar-refractivity contribution in [3.8, 4) is 0 Å². The van der Waals surface area contributed by atoms with E-state index in [1.807, 2.05) is 11.9 Å². The lowest BCUT2D eigenvalue weighted by molar-refractivity contribution is 0.114. The molecular weight excluding hydrogens is 196 g/mol. The van der Waals surface area contributed by atoms with E-state index in [0.29, 0.717) is 26.1 Å². The van der Waals surface area contributed by atoms with Crippen LogP contribution in [-0.2, 0) is 15.0 Å². The molecular formula is C6H16N2O4S. The van der Waals surface area contributed by atoms with Crippen molar-refractivity contribution in [3.05, 3.63) is 0 Å². The van der Waals surface area contributed by atoms with Crippen LogP contribution in [0.1, 0.15) is 6.42 Å². The van der Waals surface area contributed by atoms with Gasteiger partial charge >= 0.3 is 0 Å². The molecule has 0 aliphatic heterocycles. The maximum atomic E-state index is 10.3. The number of rotatable bonds is 7. The molecule has 0 fully saturated rings. The van der Waals surface area contributed by atoms with Crippen molar-refractivity contribution in [3.63, 3.8) is 0 Å². The van der Waals surface area contributed by atoms with Gasteiger partial charge in [-0.1, -0.05) is 0 Å². The zero-order valence-electron chi connectivity index (χ0n) is 7.64. The lowest BCUT2D eigenvalue weighted by Gasteiger charge is -2.14. The van der Waals surface area contributed by atoms with Crippen LogP contribution < -0.4 is 5.90 Å². The molecule has 80 valence electrons. The van der Waals surface area contributed by atoms with Crippen molar-refractivity contribution in [1.82, 2.24) is 4.90 Å². The molecule has 3 N–H and O–H groups in total. The second-order valence-electron chi connectivity index (χ2n) is 2.81. The van der Waals surface area contributed by atoms with Crippen molar-refractivity contribution in [2.75, 3.05) is 32.5 Å². The highest BCUT2D eigenvalue weighted by molar-refractivity contribution is 7.85. The predicted octanol–water partition coefficient (Wildman–Crippen LogP) is -0.914. The Bertz CT molecular complexity index is 217. The molecule has 6 nitrogen and oxygen atoms in total. The van der Waals surface area contributed by atoms with Crippen molar-refractivity contribution in [2.45, 2.75) is 6.42 Å². The van der Waals surface area contributed by atoms with Crippen molar-refractivity contribution in [1.29, 1.82) is 0 Å². The third kappa shape index (κ3) is 9.71. The van der Waals surface area contributed by atoms with Crippen LogP contribution in [0.2, 0.25) is 0 Å². The zero-order valence-corrected chi connectivity index (χ0v) is 8.46. The van der Waals surface area contributed by atoms with E-state index in [1.54, 1.807) is 0 Å². The summed E-state index contributed by atoms with van der Waals surface area (Å²) in [7, 11) is -2.00. The van der Waals surface area contributed by atoms with Crippen LogP contribution in [0.15, 0.2) is 0 Å². The zero-order chi connectivity index (χ0) is 10.3. The van der Waals surface area contributed by atoms with Crippen LogP contribution >= 0.6 is 0 Å². The standard InChI is InChI=1S/C6H16N2O4S/c1-8(4-5-12-7)3-2-6-13(9,10)11/h2-7H2,1H3,(H,9,10,11). The summed E-state index contributed by atoms with van der Waals surface area (Å²) in [4.78, 5) is 6.22. The molecule has 0 aromatic heterocycles. The molecule has 0 spiro atoms. The molecule has 0 rings (SSSR count). The van der Waals surface area contributed by atoms with E-state index in [1.165, 1.54) is 0 Å². The summed E-state index contributed by atoms with van der Waals surface area (Å²) in [5.41, 5.74) is 0. The largest absolute Gasteiger partial charge is 0.304 e. The Morgan fingerprint density at radius 3 is 2.54 bits per heavy atom. The quantitative estimate of drug-likeness (QED) is 0.419. The summed E-state index contributed by atoms with van der Waals surface area (Å²) in [6, 6.07) is 0. The number of likely N-dealkylation sites (N-methyl/N-ethyl adjacent to an activating group) is 1. The first kappa shape index (κ1) is 12.8. The highest BCUT2D eigenvalue weighted by Crippen LogP contribution is 1.91. The molecule has 0 saturated heterocycles. The van der Waals surface area contributed by atoms with Gasteiger partial charge in [0, 0.05) is 6.54 Å². The normalized spacial score (nSPS) is 12.3. The fourth-order valence-electron chi connectivity index (χ4n) is 0.837. The highest BCUT2D eigenvalue weighted by atomic mass is 32.2.